The number of carbonyl (C=O) groups excluding carboxylic acids is 2. The molecule has 3 aromatic heterocycles. The molecule has 1 fully saturated rings. The Balaban J connectivity index is 1.55. The van der Waals surface area contributed by atoms with E-state index in [-0.39, 0.29) is 23.0 Å². The fourth-order valence-electron chi connectivity index (χ4n) is 4.79. The number of nitrogens with zero attached hydrogens (tertiary/aromatic N) is 4. The number of amides is 2. The van der Waals surface area contributed by atoms with Gasteiger partial charge in [-0.25, -0.2) is 4.98 Å². The van der Waals surface area contributed by atoms with Crippen LogP contribution in [0.15, 0.2) is 47.1 Å². The average Bonchev–Trinajstić information content (AvgIpc) is 3.51. The maximum atomic E-state index is 13.7. The van der Waals surface area contributed by atoms with Gasteiger partial charge < -0.3 is 14.2 Å². The maximum Gasteiger partial charge on any atom is 0.290 e. The molecule has 1 aromatic carbocycles. The molecule has 0 aliphatic carbocycles. The topological polar surface area (TPSA) is 95.3 Å². The minimum Gasteiger partial charge on any atom is -0.449 e. The Hall–Kier alpha value is -3.65. The standard InChI is InChI=1S/C28H30ClN5O3/c1-16-11-17(7-8-20(16)29)21-12-19(27(2,3)4)24-22(32-21)13-23(37-24)25(35)34-10-9-33(18-14-30-31-15-18)26(36)28(34,5)6/h7-8,11-15H,9-10H2,1-6H3,(H,30,31). The van der Waals surface area contributed by atoms with Crippen LogP contribution in [0.3, 0.4) is 0 Å². The molecule has 0 atom stereocenters. The Labute approximate surface area is 220 Å². The van der Waals surface area contributed by atoms with Crippen LogP contribution in [-0.4, -0.2) is 50.5 Å². The molecule has 1 saturated heterocycles. The Kier molecular flexibility index (Phi) is 5.90. The van der Waals surface area contributed by atoms with Crippen LogP contribution in [0.1, 0.15) is 56.3 Å². The number of fused-ring (bicyclic) bond motifs is 1. The summed E-state index contributed by atoms with van der Waals surface area (Å²) in [4.78, 5) is 35.1. The minimum atomic E-state index is -1.07. The molecule has 192 valence electrons. The number of pyridine rings is 1. The zero-order chi connectivity index (χ0) is 26.7. The van der Waals surface area contributed by atoms with Crippen LogP contribution >= 0.6 is 11.6 Å². The molecular weight excluding hydrogens is 490 g/mol. The van der Waals surface area contributed by atoms with Gasteiger partial charge in [-0.3, -0.25) is 14.7 Å². The monoisotopic (exact) mass is 519 g/mol. The summed E-state index contributed by atoms with van der Waals surface area (Å²) in [5.74, 6) is -0.361. The molecule has 0 bridgehead atoms. The Morgan fingerprint density at radius 2 is 1.92 bits per heavy atom. The Morgan fingerprint density at radius 1 is 1.16 bits per heavy atom. The van der Waals surface area contributed by atoms with Gasteiger partial charge in [-0.2, -0.15) is 5.10 Å². The maximum absolute atomic E-state index is 13.7. The van der Waals surface area contributed by atoms with Crippen LogP contribution in [0.5, 0.6) is 0 Å². The predicted molar refractivity (Wildman–Crippen MR) is 144 cm³/mol. The van der Waals surface area contributed by atoms with Crippen LogP contribution in [0.4, 0.5) is 5.69 Å². The Bertz CT molecular complexity index is 1510. The van der Waals surface area contributed by atoms with Crippen LogP contribution in [0.25, 0.3) is 22.4 Å². The van der Waals surface area contributed by atoms with Crippen molar-refractivity contribution in [2.75, 3.05) is 18.0 Å². The SMILES string of the molecule is Cc1cc(-c2cc(C(C)(C)C)c3oc(C(=O)N4CCN(c5cn[nH]c5)C(=O)C4(C)C)cc3n2)ccc1Cl. The van der Waals surface area contributed by atoms with Crippen molar-refractivity contribution in [3.05, 3.63) is 64.6 Å². The van der Waals surface area contributed by atoms with Crippen molar-refractivity contribution in [3.8, 4) is 11.3 Å². The van der Waals surface area contributed by atoms with Gasteiger partial charge in [-0.05, 0) is 49.9 Å². The number of anilines is 1. The van der Waals surface area contributed by atoms with Gasteiger partial charge in [-0.1, -0.05) is 38.4 Å². The van der Waals surface area contributed by atoms with Gasteiger partial charge >= 0.3 is 0 Å². The van der Waals surface area contributed by atoms with Gasteiger partial charge in [0.05, 0.1) is 17.6 Å². The second-order valence-corrected chi connectivity index (χ2v) is 11.4. The van der Waals surface area contributed by atoms with E-state index in [1.807, 2.05) is 31.2 Å². The number of aromatic nitrogens is 3. The van der Waals surface area contributed by atoms with E-state index in [0.717, 1.165) is 22.4 Å². The number of piperazine rings is 1. The number of halogens is 1. The number of hydrogen-bond donors (Lipinski definition) is 1. The number of aromatic amines is 1. The highest BCUT2D eigenvalue weighted by Gasteiger charge is 2.46. The third-order valence-electron chi connectivity index (χ3n) is 6.98. The zero-order valence-electron chi connectivity index (χ0n) is 21.8. The second-order valence-electron chi connectivity index (χ2n) is 11.0. The Morgan fingerprint density at radius 3 is 2.57 bits per heavy atom. The highest BCUT2D eigenvalue weighted by molar-refractivity contribution is 6.31. The molecule has 0 saturated carbocycles. The number of carbonyl (C=O) groups is 2. The van der Waals surface area contributed by atoms with Crippen LogP contribution in [0, 0.1) is 6.92 Å². The molecule has 4 heterocycles. The highest BCUT2D eigenvalue weighted by atomic mass is 35.5. The smallest absolute Gasteiger partial charge is 0.290 e. The summed E-state index contributed by atoms with van der Waals surface area (Å²) >= 11 is 6.24. The number of H-pyrrole nitrogens is 1. The summed E-state index contributed by atoms with van der Waals surface area (Å²) in [7, 11) is 0. The van der Waals surface area contributed by atoms with E-state index in [1.165, 1.54) is 0 Å². The van der Waals surface area contributed by atoms with Crippen molar-refractivity contribution in [2.45, 2.75) is 52.5 Å². The molecule has 37 heavy (non-hydrogen) atoms. The predicted octanol–water partition coefficient (Wildman–Crippen LogP) is 5.74. The van der Waals surface area contributed by atoms with Gasteiger partial charge in [0.25, 0.3) is 11.8 Å². The summed E-state index contributed by atoms with van der Waals surface area (Å²) in [5, 5.41) is 7.38. The molecule has 1 aliphatic heterocycles. The van der Waals surface area contributed by atoms with E-state index in [4.69, 9.17) is 21.0 Å². The minimum absolute atomic E-state index is 0.162. The number of aryl methyl sites for hydroxylation is 1. The summed E-state index contributed by atoms with van der Waals surface area (Å²) in [6, 6.07) is 9.50. The molecule has 2 amide bonds. The summed E-state index contributed by atoms with van der Waals surface area (Å²) < 4.78 is 6.19. The lowest BCUT2D eigenvalue weighted by Gasteiger charge is -2.45. The molecule has 4 aromatic rings. The summed E-state index contributed by atoms with van der Waals surface area (Å²) in [6.07, 6.45) is 3.27. The van der Waals surface area contributed by atoms with E-state index < -0.39 is 5.54 Å². The van der Waals surface area contributed by atoms with Crippen molar-refractivity contribution in [3.63, 3.8) is 0 Å². The van der Waals surface area contributed by atoms with Gasteiger partial charge in [0.15, 0.2) is 11.3 Å². The molecule has 1 aliphatic rings. The lowest BCUT2D eigenvalue weighted by Crippen LogP contribution is -2.64. The lowest BCUT2D eigenvalue weighted by atomic mass is 9.86. The summed E-state index contributed by atoms with van der Waals surface area (Å²) in [5.41, 5.74) is 4.14. The summed E-state index contributed by atoms with van der Waals surface area (Å²) in [6.45, 7) is 12.5. The first-order valence-corrected chi connectivity index (χ1v) is 12.6. The van der Waals surface area contributed by atoms with Gasteiger partial charge in [0.2, 0.25) is 0 Å². The van der Waals surface area contributed by atoms with Gasteiger partial charge in [0, 0.05) is 41.5 Å². The number of nitrogens with one attached hydrogen (secondary N) is 1. The molecule has 0 spiro atoms. The van der Waals surface area contributed by atoms with Crippen molar-refractivity contribution in [1.29, 1.82) is 0 Å². The number of benzene rings is 1. The largest absolute Gasteiger partial charge is 0.449 e. The molecular formula is C28H30ClN5O3. The van der Waals surface area contributed by atoms with E-state index in [2.05, 4.69) is 31.0 Å². The zero-order valence-corrected chi connectivity index (χ0v) is 22.6. The van der Waals surface area contributed by atoms with Gasteiger partial charge in [-0.15, -0.1) is 0 Å². The van der Waals surface area contributed by atoms with Crippen molar-refractivity contribution in [1.82, 2.24) is 20.1 Å². The molecule has 9 heteroatoms. The third-order valence-corrected chi connectivity index (χ3v) is 7.41. The van der Waals surface area contributed by atoms with Crippen molar-refractivity contribution in [2.24, 2.45) is 0 Å². The van der Waals surface area contributed by atoms with E-state index in [1.54, 1.807) is 42.1 Å². The first-order valence-electron chi connectivity index (χ1n) is 12.2. The van der Waals surface area contributed by atoms with Crippen LogP contribution in [0.2, 0.25) is 5.02 Å². The number of rotatable bonds is 3. The van der Waals surface area contributed by atoms with Crippen LogP contribution < -0.4 is 4.90 Å². The molecule has 0 unspecified atom stereocenters. The number of furan rings is 1. The van der Waals surface area contributed by atoms with E-state index >= 15 is 0 Å². The average molecular weight is 520 g/mol. The molecule has 8 nitrogen and oxygen atoms in total. The number of hydrogen-bond acceptors (Lipinski definition) is 5. The normalized spacial score (nSPS) is 16.0. The molecule has 1 N–H and O–H groups in total. The third kappa shape index (κ3) is 4.29. The highest BCUT2D eigenvalue weighted by Crippen LogP contribution is 2.36. The fraction of sp³-hybridized carbons (Fsp3) is 0.357. The molecule has 5 rings (SSSR count). The van der Waals surface area contributed by atoms with E-state index in [0.29, 0.717) is 34.9 Å². The van der Waals surface area contributed by atoms with Gasteiger partial charge in [0.1, 0.15) is 11.1 Å². The van der Waals surface area contributed by atoms with E-state index in [9.17, 15) is 9.59 Å². The fourth-order valence-corrected chi connectivity index (χ4v) is 4.91. The van der Waals surface area contributed by atoms with Crippen molar-refractivity contribution < 1.29 is 14.0 Å². The first-order chi connectivity index (χ1) is 17.4. The first kappa shape index (κ1) is 25.0. The van der Waals surface area contributed by atoms with Crippen molar-refractivity contribution >= 4 is 40.2 Å². The second kappa shape index (κ2) is 8.73. The lowest BCUT2D eigenvalue weighted by molar-refractivity contribution is -0.129. The van der Waals surface area contributed by atoms with Crippen LogP contribution in [-0.2, 0) is 10.2 Å². The molecule has 0 radical (unpaired) electrons. The quantitative estimate of drug-likeness (QED) is 0.372.